The third kappa shape index (κ3) is 23.8. The summed E-state index contributed by atoms with van der Waals surface area (Å²) in [5.41, 5.74) is 19.7. The molecular weight excluding hydrogens is 1330 g/mol. The van der Waals surface area contributed by atoms with Crippen molar-refractivity contribution >= 4 is 0 Å². The summed E-state index contributed by atoms with van der Waals surface area (Å²) < 4.78 is 139. The van der Waals surface area contributed by atoms with E-state index >= 15 is 0 Å². The first kappa shape index (κ1) is 81.9. The standard InChI is InChI=1S/C23H21F3.C21H18F2.C21H20.C17H28.C11H10F6/c1-15(2)19-12-20(17-6-4-16(3)5-7-17)14-21(13-19)18-8-10-22(11-9-18)23(24,25)26;1-14(2)17-11-18(15-3-7-20(22)8-4-15)13-19(12-17)16-5-9-21(23)10-6-16;1-16(2)19-13-20(17-9-5-3-6-10-17)15-21(14-19)18-11-7-4-8-12-18;1-12(2)13-9-14(16(3,4)5)11-15(10-13)17(6,7)8;1-6(2)7-3-8(10(12,13)14)5-9(4-7)11(15,16)17/h4-15H,1-3H3;3-14H,1-2H3;3-16H,1-2H3;9-12H,1-8H3;3-6H,1-2H3. The predicted molar refractivity (Wildman–Crippen MR) is 412 cm³/mol. The van der Waals surface area contributed by atoms with Crippen LogP contribution in [0.4, 0.5) is 48.3 Å². The van der Waals surface area contributed by atoms with Gasteiger partial charge in [-0.2, -0.15) is 39.5 Å². The summed E-state index contributed by atoms with van der Waals surface area (Å²) in [5.74, 6) is 0.927. The van der Waals surface area contributed by atoms with Crippen LogP contribution >= 0.6 is 0 Å². The summed E-state index contributed by atoms with van der Waals surface area (Å²) in [6.45, 7) is 36.4. The second-order valence-corrected chi connectivity index (χ2v) is 30.2. The zero-order chi connectivity index (χ0) is 76.8. The van der Waals surface area contributed by atoms with Crippen molar-refractivity contribution in [2.24, 2.45) is 0 Å². The van der Waals surface area contributed by atoms with Crippen LogP contribution in [-0.4, -0.2) is 0 Å². The van der Waals surface area contributed by atoms with Crippen LogP contribution in [0.2, 0.25) is 0 Å². The molecule has 0 saturated carbocycles. The second-order valence-electron chi connectivity index (χ2n) is 30.2. The maximum Gasteiger partial charge on any atom is 0.416 e. The molecule has 0 nitrogen and oxygen atoms in total. The SMILES string of the molecule is CC(C)c1cc(-c2ccc(F)cc2)cc(-c2ccc(F)cc2)c1.CC(C)c1cc(-c2ccccc2)cc(-c2ccccc2)c1.CC(C)c1cc(C(C)(C)C)cc(C(C)(C)C)c1.CC(C)c1cc(C(F)(F)F)cc(C(F)(F)F)c1.Cc1ccc(-c2cc(-c3ccc(C(F)(F)F)cc3)cc(C(C)C)c2)cc1. The van der Waals surface area contributed by atoms with Crippen molar-refractivity contribution in [2.75, 3.05) is 0 Å². The van der Waals surface area contributed by atoms with Gasteiger partial charge in [0, 0.05) is 0 Å². The van der Waals surface area contributed by atoms with Gasteiger partial charge in [-0.1, -0.05) is 292 Å². The second kappa shape index (κ2) is 35.0. The fraction of sp³-hybridized carbons (Fsp3) is 0.290. The van der Waals surface area contributed by atoms with Crippen LogP contribution in [0.15, 0.2) is 249 Å². The molecule has 0 aliphatic carbocycles. The molecule has 11 heteroatoms. The number of halogens is 11. The lowest BCUT2D eigenvalue weighted by molar-refractivity contribution is -0.143. The lowest BCUT2D eigenvalue weighted by atomic mass is 9.78. The minimum Gasteiger partial charge on any atom is -0.207 e. The van der Waals surface area contributed by atoms with Crippen LogP contribution < -0.4 is 0 Å². The third-order valence-corrected chi connectivity index (χ3v) is 18.0. The molecule has 0 aliphatic rings. The zero-order valence-corrected chi connectivity index (χ0v) is 62.7. The fourth-order valence-corrected chi connectivity index (χ4v) is 11.3. The van der Waals surface area contributed by atoms with Crippen molar-refractivity contribution in [3.63, 3.8) is 0 Å². The maximum absolute atomic E-state index is 13.2. The highest BCUT2D eigenvalue weighted by Crippen LogP contribution is 2.40. The number of hydrogen-bond acceptors (Lipinski definition) is 0. The van der Waals surface area contributed by atoms with E-state index in [1.165, 1.54) is 93.7 Å². The molecule has 0 amide bonds. The Morgan fingerprint density at radius 3 is 0.663 bits per heavy atom. The van der Waals surface area contributed by atoms with Gasteiger partial charge in [-0.15, -0.1) is 0 Å². The van der Waals surface area contributed by atoms with Crippen LogP contribution in [-0.2, 0) is 29.4 Å². The van der Waals surface area contributed by atoms with Gasteiger partial charge in [-0.25, -0.2) is 8.78 Å². The van der Waals surface area contributed by atoms with Crippen molar-refractivity contribution in [2.45, 2.75) is 177 Å². The molecule has 0 fully saturated rings. The van der Waals surface area contributed by atoms with E-state index in [2.05, 4.69) is 249 Å². The summed E-state index contributed by atoms with van der Waals surface area (Å²) in [7, 11) is 0. The van der Waals surface area contributed by atoms with Gasteiger partial charge >= 0.3 is 18.5 Å². The Bertz CT molecular complexity index is 4250. The molecule has 546 valence electrons. The molecule has 0 aliphatic heterocycles. The summed E-state index contributed by atoms with van der Waals surface area (Å²) in [6, 6.07) is 76.1. The molecule has 11 aromatic carbocycles. The number of benzene rings is 11. The van der Waals surface area contributed by atoms with Crippen LogP contribution in [0, 0.1) is 18.6 Å². The Morgan fingerprint density at radius 1 is 0.212 bits per heavy atom. The molecule has 0 spiro atoms. The molecular formula is C93H97F11. The number of alkyl halides is 9. The minimum atomic E-state index is -4.77. The van der Waals surface area contributed by atoms with Gasteiger partial charge in [0.1, 0.15) is 11.6 Å². The molecule has 104 heavy (non-hydrogen) atoms. The van der Waals surface area contributed by atoms with Gasteiger partial charge in [0.15, 0.2) is 0 Å². The summed E-state index contributed by atoms with van der Waals surface area (Å²) >= 11 is 0. The molecule has 0 unspecified atom stereocenters. The van der Waals surface area contributed by atoms with Crippen molar-refractivity contribution < 1.29 is 48.3 Å². The van der Waals surface area contributed by atoms with Crippen molar-refractivity contribution in [3.8, 4) is 66.8 Å². The number of aryl methyl sites for hydroxylation is 1. The van der Waals surface area contributed by atoms with Gasteiger partial charge in [-0.05, 0) is 226 Å². The first-order chi connectivity index (χ1) is 48.5. The normalized spacial score (nSPS) is 11.9. The average molecular weight is 1420 g/mol. The molecule has 11 rings (SSSR count). The fourth-order valence-electron chi connectivity index (χ4n) is 11.3. The quantitative estimate of drug-likeness (QED) is 0.113. The molecule has 0 N–H and O–H groups in total. The van der Waals surface area contributed by atoms with Crippen LogP contribution in [0.1, 0.15) is 202 Å². The van der Waals surface area contributed by atoms with E-state index in [0.717, 1.165) is 74.3 Å². The van der Waals surface area contributed by atoms with Crippen LogP contribution in [0.3, 0.4) is 0 Å². The van der Waals surface area contributed by atoms with Gasteiger partial charge < -0.3 is 0 Å². The Hall–Kier alpha value is -9.35. The lowest BCUT2D eigenvalue weighted by Gasteiger charge is -2.27. The number of rotatable bonds is 11. The van der Waals surface area contributed by atoms with E-state index in [9.17, 15) is 48.3 Å². The predicted octanol–water partition coefficient (Wildman–Crippen LogP) is 30.3. The van der Waals surface area contributed by atoms with Gasteiger partial charge in [0.25, 0.3) is 0 Å². The van der Waals surface area contributed by atoms with Gasteiger partial charge in [0.2, 0.25) is 0 Å². The summed E-state index contributed by atoms with van der Waals surface area (Å²) in [6.07, 6.45) is -13.9. The molecule has 11 aromatic rings. The molecule has 0 bridgehead atoms. The largest absolute Gasteiger partial charge is 0.416 e. The minimum absolute atomic E-state index is 0.0205. The maximum atomic E-state index is 13.2. The van der Waals surface area contributed by atoms with Crippen molar-refractivity contribution in [1.82, 2.24) is 0 Å². The van der Waals surface area contributed by atoms with Gasteiger partial charge in [-0.3, -0.25) is 0 Å². The van der Waals surface area contributed by atoms with Crippen LogP contribution in [0.25, 0.3) is 66.8 Å². The average Bonchev–Trinajstić information content (AvgIpc) is 0.826. The Morgan fingerprint density at radius 2 is 0.423 bits per heavy atom. The molecule has 0 heterocycles. The van der Waals surface area contributed by atoms with E-state index < -0.39 is 41.1 Å². The summed E-state index contributed by atoms with van der Waals surface area (Å²) in [4.78, 5) is 0. The smallest absolute Gasteiger partial charge is 0.207 e. The highest BCUT2D eigenvalue weighted by molar-refractivity contribution is 5.77. The number of hydrogen-bond donors (Lipinski definition) is 0. The summed E-state index contributed by atoms with van der Waals surface area (Å²) in [5, 5.41) is 0. The van der Waals surface area contributed by atoms with E-state index in [1.54, 1.807) is 36.4 Å². The van der Waals surface area contributed by atoms with E-state index in [0.29, 0.717) is 23.7 Å². The van der Waals surface area contributed by atoms with Gasteiger partial charge in [0.05, 0.1) is 16.7 Å². The molecule has 0 aromatic heterocycles. The Labute approximate surface area is 610 Å². The first-order valence-corrected chi connectivity index (χ1v) is 35.3. The van der Waals surface area contributed by atoms with E-state index in [-0.39, 0.29) is 34.1 Å². The highest BCUT2D eigenvalue weighted by atomic mass is 19.4. The topological polar surface area (TPSA) is 0 Å². The Kier molecular flexibility index (Phi) is 27.5. The first-order valence-electron chi connectivity index (χ1n) is 35.3. The molecule has 0 radical (unpaired) electrons. The zero-order valence-electron chi connectivity index (χ0n) is 62.7. The molecule has 0 atom stereocenters. The third-order valence-electron chi connectivity index (χ3n) is 18.0. The van der Waals surface area contributed by atoms with E-state index in [4.69, 9.17) is 0 Å². The Balaban J connectivity index is 0.000000184. The lowest BCUT2D eigenvalue weighted by Crippen LogP contribution is -2.17. The van der Waals surface area contributed by atoms with Crippen molar-refractivity contribution in [3.05, 3.63) is 322 Å². The molecule has 0 saturated heterocycles. The van der Waals surface area contributed by atoms with E-state index in [1.807, 2.05) is 13.0 Å². The monoisotopic (exact) mass is 1420 g/mol. The van der Waals surface area contributed by atoms with Crippen LogP contribution in [0.5, 0.6) is 0 Å². The highest BCUT2D eigenvalue weighted by Gasteiger charge is 2.37. The van der Waals surface area contributed by atoms with Crippen molar-refractivity contribution in [1.29, 1.82) is 0 Å².